The lowest BCUT2D eigenvalue weighted by molar-refractivity contribution is -0.121. The predicted molar refractivity (Wildman–Crippen MR) is 112 cm³/mol. The van der Waals surface area contributed by atoms with Gasteiger partial charge in [-0.15, -0.1) is 0 Å². The van der Waals surface area contributed by atoms with Gasteiger partial charge in [-0.2, -0.15) is 4.98 Å². The van der Waals surface area contributed by atoms with Gasteiger partial charge in [0.05, 0.1) is 0 Å². The highest BCUT2D eigenvalue weighted by atomic mass is 19.1. The number of rotatable bonds is 10. The topological polar surface area (TPSA) is 84.2 Å². The van der Waals surface area contributed by atoms with Gasteiger partial charge in [-0.25, -0.2) is 9.37 Å². The molecule has 1 aromatic carbocycles. The Bertz CT molecular complexity index is 937. The van der Waals surface area contributed by atoms with E-state index in [9.17, 15) is 9.18 Å². The second-order valence-electron chi connectivity index (χ2n) is 6.85. The summed E-state index contributed by atoms with van der Waals surface area (Å²) in [5, 5.41) is 6.81. The summed E-state index contributed by atoms with van der Waals surface area (Å²) in [7, 11) is 0. The maximum Gasteiger partial charge on any atom is 0.226 e. The molecule has 158 valence electrons. The van der Waals surface area contributed by atoms with Crippen LogP contribution in [0.3, 0.4) is 0 Å². The molecule has 0 unspecified atom stereocenters. The Morgan fingerprint density at radius 1 is 1.13 bits per heavy atom. The number of hydrogen-bond donors (Lipinski definition) is 1. The van der Waals surface area contributed by atoms with Crippen LogP contribution < -0.4 is 10.2 Å². The van der Waals surface area contributed by atoms with E-state index in [0.29, 0.717) is 43.1 Å². The summed E-state index contributed by atoms with van der Waals surface area (Å²) in [6.45, 7) is 6.45. The number of halogens is 1. The summed E-state index contributed by atoms with van der Waals surface area (Å²) >= 11 is 0. The van der Waals surface area contributed by atoms with Crippen molar-refractivity contribution in [2.75, 3.05) is 18.0 Å². The molecular formula is C22H26FN5O2. The molecule has 2 heterocycles. The van der Waals surface area contributed by atoms with E-state index in [2.05, 4.69) is 39.2 Å². The van der Waals surface area contributed by atoms with Crippen molar-refractivity contribution in [1.82, 2.24) is 20.4 Å². The molecule has 3 aromatic rings. The van der Waals surface area contributed by atoms with Crippen LogP contribution >= 0.6 is 0 Å². The fourth-order valence-corrected chi connectivity index (χ4v) is 3.02. The number of anilines is 1. The van der Waals surface area contributed by atoms with Crippen LogP contribution in [-0.2, 0) is 17.8 Å². The standard InChI is InChI=1S/C22H26FN5O2/c1-3-28(4-2)19-13-8-16(14-24-19)15-25-20(29)6-5-7-21-26-22(27-30-21)17-9-11-18(23)12-10-17/h8-14H,3-7,15H2,1-2H3,(H,25,29). The number of aryl methyl sites for hydroxylation is 1. The highest BCUT2D eigenvalue weighted by molar-refractivity contribution is 5.75. The third kappa shape index (κ3) is 5.85. The smallest absolute Gasteiger partial charge is 0.226 e. The highest BCUT2D eigenvalue weighted by Gasteiger charge is 2.10. The summed E-state index contributed by atoms with van der Waals surface area (Å²) in [6.07, 6.45) is 3.25. The Morgan fingerprint density at radius 3 is 2.57 bits per heavy atom. The van der Waals surface area contributed by atoms with Crippen molar-refractivity contribution in [3.63, 3.8) is 0 Å². The molecule has 0 saturated carbocycles. The molecule has 0 fully saturated rings. The van der Waals surface area contributed by atoms with Gasteiger partial charge in [-0.05, 0) is 56.2 Å². The Labute approximate surface area is 175 Å². The quantitative estimate of drug-likeness (QED) is 0.547. The van der Waals surface area contributed by atoms with Crippen molar-refractivity contribution in [2.45, 2.75) is 39.7 Å². The number of aromatic nitrogens is 3. The summed E-state index contributed by atoms with van der Waals surface area (Å²) in [4.78, 5) is 23.0. The second kappa shape index (κ2) is 10.5. The van der Waals surface area contributed by atoms with Crippen molar-refractivity contribution in [3.05, 3.63) is 59.9 Å². The van der Waals surface area contributed by atoms with E-state index in [0.717, 1.165) is 24.5 Å². The van der Waals surface area contributed by atoms with Gasteiger partial charge in [-0.1, -0.05) is 11.2 Å². The molecule has 0 atom stereocenters. The van der Waals surface area contributed by atoms with Gasteiger partial charge in [0.1, 0.15) is 11.6 Å². The zero-order valence-electron chi connectivity index (χ0n) is 17.3. The number of benzene rings is 1. The maximum absolute atomic E-state index is 13.0. The van der Waals surface area contributed by atoms with E-state index in [1.165, 1.54) is 12.1 Å². The first-order valence-corrected chi connectivity index (χ1v) is 10.1. The predicted octanol–water partition coefficient (Wildman–Crippen LogP) is 3.76. The molecule has 3 rings (SSSR count). The SMILES string of the molecule is CCN(CC)c1ccc(CNC(=O)CCCc2nc(-c3ccc(F)cc3)no2)cn1. The zero-order chi connectivity index (χ0) is 21.3. The van der Waals surface area contributed by atoms with Crippen molar-refractivity contribution in [3.8, 4) is 11.4 Å². The fourth-order valence-electron chi connectivity index (χ4n) is 3.02. The van der Waals surface area contributed by atoms with Crippen LogP contribution in [0, 0.1) is 5.82 Å². The molecule has 0 aliphatic heterocycles. The van der Waals surface area contributed by atoms with Crippen molar-refractivity contribution in [1.29, 1.82) is 0 Å². The van der Waals surface area contributed by atoms with E-state index in [1.807, 2.05) is 12.1 Å². The molecule has 8 heteroatoms. The van der Waals surface area contributed by atoms with Gasteiger partial charge in [0.2, 0.25) is 17.6 Å². The van der Waals surface area contributed by atoms with E-state index >= 15 is 0 Å². The van der Waals surface area contributed by atoms with E-state index in [-0.39, 0.29) is 11.7 Å². The number of nitrogens with one attached hydrogen (secondary N) is 1. The molecule has 2 aromatic heterocycles. The van der Waals surface area contributed by atoms with Gasteiger partial charge in [-0.3, -0.25) is 4.79 Å². The third-order valence-corrected chi connectivity index (χ3v) is 4.75. The van der Waals surface area contributed by atoms with E-state index < -0.39 is 0 Å². The summed E-state index contributed by atoms with van der Waals surface area (Å²) in [5.41, 5.74) is 1.64. The summed E-state index contributed by atoms with van der Waals surface area (Å²) in [5.74, 6) is 1.45. The molecule has 0 radical (unpaired) electrons. The number of amides is 1. The van der Waals surface area contributed by atoms with Crippen LogP contribution in [0.25, 0.3) is 11.4 Å². The van der Waals surface area contributed by atoms with Gasteiger partial charge < -0.3 is 14.7 Å². The lowest BCUT2D eigenvalue weighted by Crippen LogP contribution is -2.24. The molecule has 7 nitrogen and oxygen atoms in total. The molecule has 0 spiro atoms. The molecule has 1 amide bonds. The molecule has 30 heavy (non-hydrogen) atoms. The van der Waals surface area contributed by atoms with Crippen LogP contribution in [0.4, 0.5) is 10.2 Å². The number of hydrogen-bond acceptors (Lipinski definition) is 6. The first-order chi connectivity index (χ1) is 14.6. The summed E-state index contributed by atoms with van der Waals surface area (Å²) in [6, 6.07) is 9.85. The van der Waals surface area contributed by atoms with Crippen molar-refractivity contribution < 1.29 is 13.7 Å². The van der Waals surface area contributed by atoms with Crippen LogP contribution in [0.2, 0.25) is 0 Å². The number of carbonyl (C=O) groups is 1. The van der Waals surface area contributed by atoms with Gasteiger partial charge >= 0.3 is 0 Å². The lowest BCUT2D eigenvalue weighted by Gasteiger charge is -2.19. The second-order valence-corrected chi connectivity index (χ2v) is 6.85. The first-order valence-electron chi connectivity index (χ1n) is 10.1. The molecule has 1 N–H and O–H groups in total. The van der Waals surface area contributed by atoms with Gasteiger partial charge in [0.25, 0.3) is 0 Å². The molecule has 0 aliphatic rings. The Balaban J connectivity index is 1.40. The van der Waals surface area contributed by atoms with Crippen molar-refractivity contribution in [2.24, 2.45) is 0 Å². The first kappa shape index (κ1) is 21.4. The number of pyridine rings is 1. The van der Waals surface area contributed by atoms with Crippen LogP contribution in [-0.4, -0.2) is 34.1 Å². The monoisotopic (exact) mass is 411 g/mol. The lowest BCUT2D eigenvalue weighted by atomic mass is 10.2. The van der Waals surface area contributed by atoms with Gasteiger partial charge in [0, 0.05) is 44.2 Å². The molecule has 0 saturated heterocycles. The molecular weight excluding hydrogens is 385 g/mol. The normalized spacial score (nSPS) is 10.8. The fraction of sp³-hybridized carbons (Fsp3) is 0.364. The van der Waals surface area contributed by atoms with Gasteiger partial charge in [0.15, 0.2) is 0 Å². The summed E-state index contributed by atoms with van der Waals surface area (Å²) < 4.78 is 18.2. The Kier molecular flexibility index (Phi) is 7.48. The third-order valence-electron chi connectivity index (χ3n) is 4.75. The zero-order valence-corrected chi connectivity index (χ0v) is 17.3. The van der Waals surface area contributed by atoms with E-state index in [4.69, 9.17) is 4.52 Å². The Morgan fingerprint density at radius 2 is 1.90 bits per heavy atom. The average Bonchev–Trinajstić information content (AvgIpc) is 3.23. The number of nitrogens with zero attached hydrogens (tertiary/aromatic N) is 4. The van der Waals surface area contributed by atoms with Crippen LogP contribution in [0.1, 0.15) is 38.1 Å². The Hall–Kier alpha value is -3.29. The van der Waals surface area contributed by atoms with E-state index in [1.54, 1.807) is 18.3 Å². The highest BCUT2D eigenvalue weighted by Crippen LogP contribution is 2.17. The molecule has 0 bridgehead atoms. The average molecular weight is 411 g/mol. The molecule has 0 aliphatic carbocycles. The minimum Gasteiger partial charge on any atom is -0.357 e. The van der Waals surface area contributed by atoms with Crippen LogP contribution in [0.5, 0.6) is 0 Å². The minimum atomic E-state index is -0.316. The van der Waals surface area contributed by atoms with Crippen LogP contribution in [0.15, 0.2) is 47.1 Å². The van der Waals surface area contributed by atoms with Crippen molar-refractivity contribution >= 4 is 11.7 Å². The minimum absolute atomic E-state index is 0.0407. The largest absolute Gasteiger partial charge is 0.357 e. The number of carbonyl (C=O) groups excluding carboxylic acids is 1. The maximum atomic E-state index is 13.0.